The molecule has 0 saturated heterocycles. The van der Waals surface area contributed by atoms with Gasteiger partial charge < -0.3 is 30.5 Å². The third-order valence-electron chi connectivity index (χ3n) is 5.94. The van der Waals surface area contributed by atoms with Crippen LogP contribution in [0.15, 0.2) is 60.7 Å². The summed E-state index contributed by atoms with van der Waals surface area (Å²) in [5, 5.41) is 28.0. The van der Waals surface area contributed by atoms with E-state index in [9.17, 15) is 24.6 Å². The van der Waals surface area contributed by atoms with Gasteiger partial charge in [0.05, 0.1) is 6.61 Å². The monoisotopic (exact) mass is 521 g/mol. The molecule has 3 rings (SSSR count). The van der Waals surface area contributed by atoms with E-state index < -0.39 is 42.2 Å². The number of anilines is 1. The lowest BCUT2D eigenvalue weighted by atomic mass is 9.99. The van der Waals surface area contributed by atoms with Crippen LogP contribution in [0.1, 0.15) is 44.9 Å². The molecule has 9 nitrogen and oxygen atoms in total. The zero-order valence-electron chi connectivity index (χ0n) is 22.3. The van der Waals surface area contributed by atoms with E-state index in [4.69, 9.17) is 4.74 Å². The molecule has 2 unspecified atom stereocenters. The minimum Gasteiger partial charge on any atom is -0.507 e. The number of carbonyl (C=O) groups is 3. The summed E-state index contributed by atoms with van der Waals surface area (Å²) >= 11 is 0. The fourth-order valence-corrected chi connectivity index (χ4v) is 4.13. The number of nitrogens with one attached hydrogen (secondary N) is 2. The van der Waals surface area contributed by atoms with Crippen molar-refractivity contribution in [1.82, 2.24) is 10.2 Å². The molecule has 0 fully saturated rings. The minimum absolute atomic E-state index is 0.0501. The van der Waals surface area contributed by atoms with Crippen LogP contribution in [0.3, 0.4) is 0 Å². The van der Waals surface area contributed by atoms with Gasteiger partial charge in [-0.3, -0.25) is 9.59 Å². The number of phenolic OH excluding ortho intramolecular Hbond substituents is 1. The van der Waals surface area contributed by atoms with Gasteiger partial charge >= 0.3 is 6.09 Å². The Kier molecular flexibility index (Phi) is 8.96. The third-order valence-corrected chi connectivity index (χ3v) is 5.94. The van der Waals surface area contributed by atoms with Gasteiger partial charge in [0.2, 0.25) is 5.91 Å². The summed E-state index contributed by atoms with van der Waals surface area (Å²) in [5.41, 5.74) is 0.445. The van der Waals surface area contributed by atoms with Crippen LogP contribution in [0.5, 0.6) is 5.75 Å². The third kappa shape index (κ3) is 6.80. The second kappa shape index (κ2) is 12.0. The summed E-state index contributed by atoms with van der Waals surface area (Å²) in [7, 11) is 0. The fraction of sp³-hybridized carbons (Fsp3) is 0.345. The SMILES string of the molecule is CCN(C(=O)C(CO)NC(=O)OC(C)(C)C)C(C(=O)Nc1ccc2ccccc2c1)c1cccc(C)c1O. The molecule has 9 heteroatoms. The zero-order chi connectivity index (χ0) is 28.0. The summed E-state index contributed by atoms with van der Waals surface area (Å²) in [4.78, 5) is 40.9. The number of nitrogens with zero attached hydrogens (tertiary/aromatic N) is 1. The van der Waals surface area contributed by atoms with Crippen LogP contribution in [-0.4, -0.2) is 57.8 Å². The molecule has 3 aromatic carbocycles. The number of phenols is 1. The molecule has 0 aliphatic heterocycles. The molecule has 0 aromatic heterocycles. The number of likely N-dealkylation sites (N-methyl/N-ethyl adjacent to an activating group) is 1. The Hall–Kier alpha value is -4.11. The number of aromatic hydroxyl groups is 1. The molecule has 0 aliphatic carbocycles. The van der Waals surface area contributed by atoms with Crippen molar-refractivity contribution in [3.63, 3.8) is 0 Å². The molecular weight excluding hydrogens is 486 g/mol. The number of ether oxygens (including phenoxy) is 1. The highest BCUT2D eigenvalue weighted by molar-refractivity contribution is 6.00. The maximum atomic E-state index is 13.7. The van der Waals surface area contributed by atoms with Crippen LogP contribution in [0, 0.1) is 6.92 Å². The van der Waals surface area contributed by atoms with Gasteiger partial charge in [0.15, 0.2) is 0 Å². The molecule has 4 N–H and O–H groups in total. The largest absolute Gasteiger partial charge is 0.507 e. The number of aliphatic hydroxyl groups excluding tert-OH is 1. The number of alkyl carbamates (subject to hydrolysis) is 1. The van der Waals surface area contributed by atoms with Gasteiger partial charge in [-0.05, 0) is 63.1 Å². The smallest absolute Gasteiger partial charge is 0.408 e. The number of aliphatic hydroxyl groups is 1. The van der Waals surface area contributed by atoms with Crippen LogP contribution < -0.4 is 10.6 Å². The average molecular weight is 522 g/mol. The van der Waals surface area contributed by atoms with Crippen molar-refractivity contribution in [2.75, 3.05) is 18.5 Å². The Morgan fingerprint density at radius 3 is 2.32 bits per heavy atom. The number of benzene rings is 3. The van der Waals surface area contributed by atoms with Crippen LogP contribution in [0.25, 0.3) is 10.8 Å². The normalized spacial score (nSPS) is 12.9. The van der Waals surface area contributed by atoms with Gasteiger partial charge in [-0.1, -0.05) is 48.5 Å². The van der Waals surface area contributed by atoms with Gasteiger partial charge in [0.1, 0.15) is 23.4 Å². The lowest BCUT2D eigenvalue weighted by molar-refractivity contribution is -0.141. The van der Waals surface area contributed by atoms with Crippen LogP contribution in [-0.2, 0) is 14.3 Å². The summed E-state index contributed by atoms with van der Waals surface area (Å²) in [6.45, 7) is 7.72. The molecule has 0 spiro atoms. The first-order valence-electron chi connectivity index (χ1n) is 12.4. The van der Waals surface area contributed by atoms with Crippen molar-refractivity contribution in [2.45, 2.75) is 52.3 Å². The summed E-state index contributed by atoms with van der Waals surface area (Å²) < 4.78 is 5.22. The van der Waals surface area contributed by atoms with Gasteiger partial charge in [0, 0.05) is 17.8 Å². The number of aryl methyl sites for hydroxylation is 1. The van der Waals surface area contributed by atoms with E-state index in [-0.39, 0.29) is 17.9 Å². The molecule has 202 valence electrons. The molecule has 38 heavy (non-hydrogen) atoms. The predicted octanol–water partition coefficient (Wildman–Crippen LogP) is 4.27. The highest BCUT2D eigenvalue weighted by Gasteiger charge is 2.36. The number of hydrogen-bond acceptors (Lipinski definition) is 6. The fourth-order valence-electron chi connectivity index (χ4n) is 4.13. The van der Waals surface area contributed by atoms with Gasteiger partial charge in [0.25, 0.3) is 5.91 Å². The first-order chi connectivity index (χ1) is 17.9. The minimum atomic E-state index is -1.37. The Labute approximate surface area is 222 Å². The quantitative estimate of drug-likeness (QED) is 0.351. The summed E-state index contributed by atoms with van der Waals surface area (Å²) in [6.07, 6.45) is -0.878. The average Bonchev–Trinajstić information content (AvgIpc) is 2.86. The number of fused-ring (bicyclic) bond motifs is 1. The first-order valence-corrected chi connectivity index (χ1v) is 12.4. The zero-order valence-corrected chi connectivity index (χ0v) is 22.3. The number of amides is 3. The van der Waals surface area contributed by atoms with Gasteiger partial charge in [-0.15, -0.1) is 0 Å². The number of para-hydroxylation sites is 1. The van der Waals surface area contributed by atoms with Crippen LogP contribution >= 0.6 is 0 Å². The molecule has 0 bridgehead atoms. The molecule has 3 amide bonds. The lowest BCUT2D eigenvalue weighted by Crippen LogP contribution is -2.53. The standard InChI is InChI=1S/C29H35N3O6/c1-6-32(27(36)23(17-33)31-28(37)38-29(3,4)5)24(22-13-9-10-18(2)25(22)34)26(35)30-21-15-14-19-11-7-8-12-20(19)16-21/h7-16,23-24,33-34H,6,17H2,1-5H3,(H,30,35)(H,31,37). The molecule has 0 heterocycles. The van der Waals surface area contributed by atoms with E-state index in [2.05, 4.69) is 10.6 Å². The first kappa shape index (κ1) is 28.5. The number of rotatable bonds is 8. The van der Waals surface area contributed by atoms with E-state index in [0.29, 0.717) is 11.3 Å². The van der Waals surface area contributed by atoms with Crippen molar-refractivity contribution < 1.29 is 29.3 Å². The predicted molar refractivity (Wildman–Crippen MR) is 146 cm³/mol. The number of carbonyl (C=O) groups excluding carboxylic acids is 3. The molecular formula is C29H35N3O6. The topological polar surface area (TPSA) is 128 Å². The van der Waals surface area contributed by atoms with Crippen LogP contribution in [0.2, 0.25) is 0 Å². The molecule has 0 saturated carbocycles. The van der Waals surface area contributed by atoms with Crippen molar-refractivity contribution in [3.05, 3.63) is 71.8 Å². The molecule has 0 aliphatic rings. The van der Waals surface area contributed by atoms with E-state index in [0.717, 1.165) is 10.8 Å². The van der Waals surface area contributed by atoms with Gasteiger partial charge in [-0.25, -0.2) is 4.79 Å². The highest BCUT2D eigenvalue weighted by Crippen LogP contribution is 2.33. The van der Waals surface area contributed by atoms with Gasteiger partial charge in [-0.2, -0.15) is 0 Å². The Balaban J connectivity index is 1.97. The summed E-state index contributed by atoms with van der Waals surface area (Å²) in [6, 6.07) is 15.5. The van der Waals surface area contributed by atoms with Crippen molar-refractivity contribution in [2.24, 2.45) is 0 Å². The number of hydrogen-bond donors (Lipinski definition) is 4. The maximum Gasteiger partial charge on any atom is 0.408 e. The summed E-state index contributed by atoms with van der Waals surface area (Å²) in [5.74, 6) is -1.40. The van der Waals surface area contributed by atoms with E-state index in [1.54, 1.807) is 58.9 Å². The molecule has 2 atom stereocenters. The maximum absolute atomic E-state index is 13.7. The Morgan fingerprint density at radius 1 is 1.00 bits per heavy atom. The van der Waals surface area contributed by atoms with E-state index >= 15 is 0 Å². The van der Waals surface area contributed by atoms with Crippen LogP contribution in [0.4, 0.5) is 10.5 Å². The lowest BCUT2D eigenvalue weighted by Gasteiger charge is -2.33. The van der Waals surface area contributed by atoms with Crippen molar-refractivity contribution in [1.29, 1.82) is 0 Å². The second-order valence-corrected chi connectivity index (χ2v) is 9.97. The van der Waals surface area contributed by atoms with Crippen molar-refractivity contribution >= 4 is 34.4 Å². The van der Waals surface area contributed by atoms with E-state index in [1.807, 2.05) is 36.4 Å². The van der Waals surface area contributed by atoms with E-state index in [1.165, 1.54) is 4.90 Å². The molecule has 0 radical (unpaired) electrons. The highest BCUT2D eigenvalue weighted by atomic mass is 16.6. The Bertz CT molecular complexity index is 1320. The second-order valence-electron chi connectivity index (χ2n) is 9.97. The molecule has 3 aromatic rings. The van der Waals surface area contributed by atoms with Crippen molar-refractivity contribution in [3.8, 4) is 5.75 Å². The Morgan fingerprint density at radius 2 is 1.68 bits per heavy atom.